The molecule has 0 bridgehead atoms. The number of hydrogen-bond acceptors (Lipinski definition) is 2. The van der Waals surface area contributed by atoms with Crippen molar-refractivity contribution < 1.29 is 4.42 Å². The van der Waals surface area contributed by atoms with Crippen LogP contribution in [0.25, 0.3) is 0 Å². The molecule has 0 saturated carbocycles. The van der Waals surface area contributed by atoms with Crippen molar-refractivity contribution in [1.29, 1.82) is 0 Å². The summed E-state index contributed by atoms with van der Waals surface area (Å²) in [4.78, 5) is 0. The Labute approximate surface area is 148 Å². The predicted octanol–water partition coefficient (Wildman–Crippen LogP) is 5.81. The van der Waals surface area contributed by atoms with Gasteiger partial charge in [0.25, 0.3) is 0 Å². The van der Waals surface area contributed by atoms with Crippen LogP contribution in [-0.2, 0) is 0 Å². The summed E-state index contributed by atoms with van der Waals surface area (Å²) in [5.41, 5.74) is 2.53. The SMILES string of the molecule is C[C@@H](NCC[C@H](c1ccccc1)c1ccco1)c1ccc(Cl)cc1. The van der Waals surface area contributed by atoms with Crippen LogP contribution >= 0.6 is 11.6 Å². The molecule has 0 aliphatic rings. The molecule has 2 atom stereocenters. The molecule has 2 nitrogen and oxygen atoms in total. The zero-order valence-corrected chi connectivity index (χ0v) is 14.5. The van der Waals surface area contributed by atoms with E-state index < -0.39 is 0 Å². The predicted molar refractivity (Wildman–Crippen MR) is 99.5 cm³/mol. The van der Waals surface area contributed by atoms with E-state index in [4.69, 9.17) is 16.0 Å². The lowest BCUT2D eigenvalue weighted by Crippen LogP contribution is -2.21. The van der Waals surface area contributed by atoms with Gasteiger partial charge in [-0.05, 0) is 55.3 Å². The molecular formula is C21H22ClNO. The van der Waals surface area contributed by atoms with Gasteiger partial charge in [0.2, 0.25) is 0 Å². The maximum atomic E-state index is 5.96. The lowest BCUT2D eigenvalue weighted by Gasteiger charge is -2.19. The van der Waals surface area contributed by atoms with Gasteiger partial charge in [-0.1, -0.05) is 54.1 Å². The molecule has 0 spiro atoms. The highest BCUT2D eigenvalue weighted by Crippen LogP contribution is 2.28. The average molecular weight is 340 g/mol. The van der Waals surface area contributed by atoms with Gasteiger partial charge in [0.05, 0.1) is 6.26 Å². The maximum absolute atomic E-state index is 5.96. The van der Waals surface area contributed by atoms with Gasteiger partial charge >= 0.3 is 0 Å². The van der Waals surface area contributed by atoms with E-state index in [1.54, 1.807) is 6.26 Å². The Morgan fingerprint density at radius 1 is 0.917 bits per heavy atom. The fourth-order valence-electron chi connectivity index (χ4n) is 2.96. The highest BCUT2D eigenvalue weighted by molar-refractivity contribution is 6.30. The second-order valence-corrected chi connectivity index (χ2v) is 6.43. The Kier molecular flexibility index (Phi) is 5.73. The van der Waals surface area contributed by atoms with Crippen molar-refractivity contribution in [3.05, 3.63) is 94.9 Å². The monoisotopic (exact) mass is 339 g/mol. The van der Waals surface area contributed by atoms with E-state index in [0.717, 1.165) is 23.7 Å². The minimum Gasteiger partial charge on any atom is -0.469 e. The number of furan rings is 1. The normalized spacial score (nSPS) is 13.6. The highest BCUT2D eigenvalue weighted by atomic mass is 35.5. The fraction of sp³-hybridized carbons (Fsp3) is 0.238. The first kappa shape index (κ1) is 16.8. The highest BCUT2D eigenvalue weighted by Gasteiger charge is 2.17. The van der Waals surface area contributed by atoms with Crippen molar-refractivity contribution in [2.75, 3.05) is 6.54 Å². The molecule has 0 saturated heterocycles. The summed E-state index contributed by atoms with van der Waals surface area (Å²) >= 11 is 5.96. The third kappa shape index (κ3) is 4.28. The van der Waals surface area contributed by atoms with Crippen molar-refractivity contribution in [1.82, 2.24) is 5.32 Å². The molecule has 3 aromatic rings. The van der Waals surface area contributed by atoms with Crippen LogP contribution in [0.2, 0.25) is 5.02 Å². The third-order valence-corrected chi connectivity index (χ3v) is 4.59. The molecule has 1 heterocycles. The van der Waals surface area contributed by atoms with E-state index in [2.05, 4.69) is 54.7 Å². The first-order valence-electron chi connectivity index (χ1n) is 8.31. The lowest BCUT2D eigenvalue weighted by atomic mass is 9.93. The van der Waals surface area contributed by atoms with Gasteiger partial charge in [-0.25, -0.2) is 0 Å². The average Bonchev–Trinajstić information content (AvgIpc) is 3.14. The van der Waals surface area contributed by atoms with Gasteiger partial charge in [0.15, 0.2) is 0 Å². The van der Waals surface area contributed by atoms with E-state index in [9.17, 15) is 0 Å². The van der Waals surface area contributed by atoms with E-state index in [1.165, 1.54) is 11.1 Å². The van der Waals surface area contributed by atoms with Gasteiger partial charge < -0.3 is 9.73 Å². The topological polar surface area (TPSA) is 25.2 Å². The zero-order valence-electron chi connectivity index (χ0n) is 13.8. The van der Waals surface area contributed by atoms with E-state index in [1.807, 2.05) is 24.3 Å². The number of rotatable bonds is 7. The molecule has 0 aliphatic heterocycles. The summed E-state index contributed by atoms with van der Waals surface area (Å²) < 4.78 is 5.66. The van der Waals surface area contributed by atoms with Crippen LogP contribution in [0.5, 0.6) is 0 Å². The third-order valence-electron chi connectivity index (χ3n) is 4.34. The van der Waals surface area contributed by atoms with Crippen LogP contribution in [0.1, 0.15) is 42.2 Å². The molecule has 1 N–H and O–H groups in total. The van der Waals surface area contributed by atoms with E-state index in [-0.39, 0.29) is 12.0 Å². The molecule has 124 valence electrons. The van der Waals surface area contributed by atoms with Gasteiger partial charge in [0, 0.05) is 17.0 Å². The van der Waals surface area contributed by atoms with Gasteiger partial charge in [-0.3, -0.25) is 0 Å². The molecule has 0 amide bonds. The summed E-state index contributed by atoms with van der Waals surface area (Å²) in [6.07, 6.45) is 2.73. The molecule has 0 aliphatic carbocycles. The van der Waals surface area contributed by atoms with Crippen LogP contribution < -0.4 is 5.32 Å². The van der Waals surface area contributed by atoms with Gasteiger partial charge in [-0.15, -0.1) is 0 Å². The van der Waals surface area contributed by atoms with Gasteiger partial charge in [-0.2, -0.15) is 0 Å². The van der Waals surface area contributed by atoms with Gasteiger partial charge in [0.1, 0.15) is 5.76 Å². The molecule has 3 rings (SSSR count). The van der Waals surface area contributed by atoms with Crippen LogP contribution in [0, 0.1) is 0 Å². The van der Waals surface area contributed by atoms with Crippen LogP contribution in [-0.4, -0.2) is 6.54 Å². The number of halogens is 1. The summed E-state index contributed by atoms with van der Waals surface area (Å²) in [6.45, 7) is 3.08. The Morgan fingerprint density at radius 2 is 1.67 bits per heavy atom. The first-order chi connectivity index (χ1) is 11.7. The molecule has 3 heteroatoms. The lowest BCUT2D eigenvalue weighted by molar-refractivity contribution is 0.457. The van der Waals surface area contributed by atoms with Crippen molar-refractivity contribution in [2.45, 2.75) is 25.3 Å². The first-order valence-corrected chi connectivity index (χ1v) is 8.69. The quantitative estimate of drug-likeness (QED) is 0.588. The number of benzene rings is 2. The summed E-state index contributed by atoms with van der Waals surface area (Å²) in [5.74, 6) is 1.29. The minimum atomic E-state index is 0.270. The number of nitrogens with one attached hydrogen (secondary N) is 1. The molecule has 0 radical (unpaired) electrons. The zero-order chi connectivity index (χ0) is 16.8. The van der Waals surface area contributed by atoms with Crippen molar-refractivity contribution in [2.24, 2.45) is 0 Å². The Hall–Kier alpha value is -2.03. The fourth-order valence-corrected chi connectivity index (χ4v) is 3.09. The van der Waals surface area contributed by atoms with Crippen LogP contribution in [0.15, 0.2) is 77.4 Å². The largest absolute Gasteiger partial charge is 0.469 e. The van der Waals surface area contributed by atoms with E-state index >= 15 is 0 Å². The second-order valence-electron chi connectivity index (χ2n) is 5.99. The Balaban J connectivity index is 1.63. The molecule has 0 unspecified atom stereocenters. The Morgan fingerprint density at radius 3 is 2.33 bits per heavy atom. The number of hydrogen-bond donors (Lipinski definition) is 1. The summed E-state index contributed by atoms with van der Waals surface area (Å²) in [6, 6.07) is 22.8. The molecular weight excluding hydrogens is 318 g/mol. The minimum absolute atomic E-state index is 0.270. The maximum Gasteiger partial charge on any atom is 0.111 e. The van der Waals surface area contributed by atoms with Crippen molar-refractivity contribution in [3.8, 4) is 0 Å². The molecule has 1 aromatic heterocycles. The summed E-state index contributed by atoms with van der Waals surface area (Å²) in [5, 5.41) is 4.37. The summed E-state index contributed by atoms with van der Waals surface area (Å²) in [7, 11) is 0. The Bertz CT molecular complexity index is 722. The molecule has 0 fully saturated rings. The standard InChI is InChI=1S/C21H22ClNO/c1-16(17-9-11-19(22)12-10-17)23-14-13-20(21-8-5-15-24-21)18-6-3-2-4-7-18/h2-12,15-16,20,23H,13-14H2,1H3/t16-,20-/m1/s1. The molecule has 24 heavy (non-hydrogen) atoms. The van der Waals surface area contributed by atoms with Crippen LogP contribution in [0.4, 0.5) is 0 Å². The van der Waals surface area contributed by atoms with E-state index in [0.29, 0.717) is 0 Å². The van der Waals surface area contributed by atoms with Crippen molar-refractivity contribution in [3.63, 3.8) is 0 Å². The van der Waals surface area contributed by atoms with Crippen LogP contribution in [0.3, 0.4) is 0 Å². The van der Waals surface area contributed by atoms with Crippen molar-refractivity contribution >= 4 is 11.6 Å². The second kappa shape index (κ2) is 8.18. The smallest absolute Gasteiger partial charge is 0.111 e. The molecule has 2 aromatic carbocycles.